The van der Waals surface area contributed by atoms with Crippen molar-refractivity contribution in [2.45, 2.75) is 11.6 Å². The minimum absolute atomic E-state index is 0.0469. The van der Waals surface area contributed by atoms with E-state index in [1.165, 1.54) is 16.6 Å². The van der Waals surface area contributed by atoms with Gasteiger partial charge in [0, 0.05) is 18.3 Å². The van der Waals surface area contributed by atoms with Gasteiger partial charge in [0.15, 0.2) is 11.0 Å². The van der Waals surface area contributed by atoms with E-state index in [1.807, 2.05) is 53.4 Å². The van der Waals surface area contributed by atoms with Gasteiger partial charge in [-0.2, -0.15) is 5.26 Å². The number of H-pyrrole nitrogens is 1. The molecule has 0 unspecified atom stereocenters. The van der Waals surface area contributed by atoms with Crippen molar-refractivity contribution in [3.8, 4) is 6.07 Å². The summed E-state index contributed by atoms with van der Waals surface area (Å²) in [5.74, 6) is 1.36. The van der Waals surface area contributed by atoms with E-state index in [2.05, 4.69) is 26.2 Å². The number of hydrogen-bond acceptors (Lipinski definition) is 7. The van der Waals surface area contributed by atoms with E-state index < -0.39 is 0 Å². The summed E-state index contributed by atoms with van der Waals surface area (Å²) in [5.41, 5.74) is 1.69. The standard InChI is InChI=1S/C19H16N6OS2/c1-25-17(9-12-5-4-8-27-12)23-24-19(25)28-11-16(26)13(10-20)18-21-14-6-2-3-7-15(14)22-18/h2-8,26H,9,11H2,1H3,(H,21,22). The average Bonchev–Trinajstić information content (AvgIpc) is 3.43. The smallest absolute Gasteiger partial charge is 0.191 e. The van der Waals surface area contributed by atoms with E-state index in [0.29, 0.717) is 17.4 Å². The van der Waals surface area contributed by atoms with Gasteiger partial charge in [-0.3, -0.25) is 0 Å². The number of para-hydroxylation sites is 2. The largest absolute Gasteiger partial charge is 0.510 e. The minimum atomic E-state index is -0.0469. The van der Waals surface area contributed by atoms with Crippen LogP contribution in [0.2, 0.25) is 0 Å². The predicted octanol–water partition coefficient (Wildman–Crippen LogP) is 3.93. The molecule has 7 nitrogen and oxygen atoms in total. The van der Waals surface area contributed by atoms with E-state index in [4.69, 9.17) is 0 Å². The Morgan fingerprint density at radius 3 is 2.89 bits per heavy atom. The van der Waals surface area contributed by atoms with Gasteiger partial charge >= 0.3 is 0 Å². The van der Waals surface area contributed by atoms with E-state index in [0.717, 1.165) is 16.9 Å². The minimum Gasteiger partial charge on any atom is -0.510 e. The molecule has 3 heterocycles. The Morgan fingerprint density at radius 2 is 2.14 bits per heavy atom. The number of aliphatic hydroxyl groups is 1. The molecule has 2 N–H and O–H groups in total. The lowest BCUT2D eigenvalue weighted by Crippen LogP contribution is -2.00. The van der Waals surface area contributed by atoms with Crippen LogP contribution in [-0.4, -0.2) is 35.6 Å². The summed E-state index contributed by atoms with van der Waals surface area (Å²) in [6, 6.07) is 13.6. The number of thioether (sulfide) groups is 1. The van der Waals surface area contributed by atoms with Crippen molar-refractivity contribution in [1.82, 2.24) is 24.7 Å². The molecule has 0 aliphatic rings. The molecule has 4 rings (SSSR count). The Labute approximate surface area is 169 Å². The first-order valence-electron chi connectivity index (χ1n) is 8.46. The van der Waals surface area contributed by atoms with Gasteiger partial charge in [-0.15, -0.1) is 21.5 Å². The highest BCUT2D eigenvalue weighted by Gasteiger charge is 2.16. The molecule has 140 valence electrons. The van der Waals surface area contributed by atoms with Gasteiger partial charge < -0.3 is 14.7 Å². The third-order valence-electron chi connectivity index (χ3n) is 4.20. The molecular weight excluding hydrogens is 392 g/mol. The number of nitrogens with zero attached hydrogens (tertiary/aromatic N) is 5. The SMILES string of the molecule is Cn1c(Cc2cccs2)nnc1SCC(O)=C(C#N)c1nc2ccccc2[nH]1. The molecule has 0 saturated heterocycles. The predicted molar refractivity (Wildman–Crippen MR) is 110 cm³/mol. The van der Waals surface area contributed by atoms with E-state index in [9.17, 15) is 10.4 Å². The maximum absolute atomic E-state index is 10.5. The Hall–Kier alpha value is -3.09. The Morgan fingerprint density at radius 1 is 1.29 bits per heavy atom. The van der Waals surface area contributed by atoms with Crippen molar-refractivity contribution in [1.29, 1.82) is 5.26 Å². The summed E-state index contributed by atoms with van der Waals surface area (Å²) in [5, 5.41) is 31.1. The molecule has 0 atom stereocenters. The normalized spacial score (nSPS) is 12.1. The van der Waals surface area contributed by atoms with Gasteiger partial charge in [-0.25, -0.2) is 4.98 Å². The van der Waals surface area contributed by atoms with Crippen LogP contribution in [0.25, 0.3) is 16.6 Å². The van der Waals surface area contributed by atoms with Gasteiger partial charge in [0.2, 0.25) is 0 Å². The third-order valence-corrected chi connectivity index (χ3v) is 6.11. The molecule has 0 radical (unpaired) electrons. The van der Waals surface area contributed by atoms with Crippen LogP contribution in [-0.2, 0) is 13.5 Å². The number of nitriles is 1. The highest BCUT2D eigenvalue weighted by molar-refractivity contribution is 7.99. The first kappa shape index (κ1) is 18.3. The fourth-order valence-corrected chi connectivity index (χ4v) is 4.23. The second-order valence-electron chi connectivity index (χ2n) is 6.04. The van der Waals surface area contributed by atoms with Crippen molar-refractivity contribution in [2.75, 3.05) is 5.75 Å². The molecule has 0 aliphatic heterocycles. The van der Waals surface area contributed by atoms with Crippen LogP contribution in [0.3, 0.4) is 0 Å². The summed E-state index contributed by atoms with van der Waals surface area (Å²) >= 11 is 3.00. The van der Waals surface area contributed by atoms with Crippen molar-refractivity contribution in [3.63, 3.8) is 0 Å². The van der Waals surface area contributed by atoms with Crippen LogP contribution in [0.1, 0.15) is 16.5 Å². The monoisotopic (exact) mass is 408 g/mol. The number of thiophene rings is 1. The van der Waals surface area contributed by atoms with Crippen LogP contribution in [0.15, 0.2) is 52.7 Å². The summed E-state index contributed by atoms with van der Waals surface area (Å²) < 4.78 is 1.91. The fraction of sp³-hybridized carbons (Fsp3) is 0.158. The zero-order valence-corrected chi connectivity index (χ0v) is 16.6. The van der Waals surface area contributed by atoms with Crippen LogP contribution < -0.4 is 0 Å². The summed E-state index contributed by atoms with van der Waals surface area (Å²) in [6.45, 7) is 0. The number of aliphatic hydroxyl groups excluding tert-OH is 1. The number of imidazole rings is 1. The quantitative estimate of drug-likeness (QED) is 0.285. The number of hydrogen-bond donors (Lipinski definition) is 2. The molecule has 0 saturated carbocycles. The van der Waals surface area contributed by atoms with Crippen molar-refractivity contribution < 1.29 is 5.11 Å². The maximum atomic E-state index is 10.5. The molecule has 0 fully saturated rings. The molecule has 4 aromatic rings. The van der Waals surface area contributed by atoms with Crippen molar-refractivity contribution >= 4 is 39.7 Å². The molecule has 28 heavy (non-hydrogen) atoms. The lowest BCUT2D eigenvalue weighted by molar-refractivity contribution is 0.420. The molecule has 0 bridgehead atoms. The lowest BCUT2D eigenvalue weighted by atomic mass is 10.2. The summed E-state index contributed by atoms with van der Waals surface area (Å²) in [4.78, 5) is 8.67. The summed E-state index contributed by atoms with van der Waals surface area (Å²) in [7, 11) is 1.90. The van der Waals surface area contributed by atoms with Gasteiger partial charge in [0.05, 0.1) is 16.8 Å². The zero-order chi connectivity index (χ0) is 19.5. The Kier molecular flexibility index (Phi) is 5.14. The van der Waals surface area contributed by atoms with Gasteiger partial charge in [0.25, 0.3) is 0 Å². The van der Waals surface area contributed by atoms with Gasteiger partial charge in [0.1, 0.15) is 23.2 Å². The number of benzene rings is 1. The molecule has 9 heteroatoms. The topological polar surface area (TPSA) is 103 Å². The maximum Gasteiger partial charge on any atom is 0.191 e. The second-order valence-corrected chi connectivity index (χ2v) is 8.01. The number of allylic oxidation sites excluding steroid dienone is 1. The first-order valence-corrected chi connectivity index (χ1v) is 10.3. The first-order chi connectivity index (χ1) is 13.7. The van der Waals surface area contributed by atoms with Crippen LogP contribution >= 0.6 is 23.1 Å². The number of fused-ring (bicyclic) bond motifs is 1. The molecule has 3 aromatic heterocycles. The third kappa shape index (κ3) is 3.65. The second kappa shape index (κ2) is 7.88. The number of nitrogens with one attached hydrogen (secondary N) is 1. The highest BCUT2D eigenvalue weighted by Crippen LogP contribution is 2.24. The van der Waals surface area contributed by atoms with E-state index in [1.54, 1.807) is 11.3 Å². The number of aromatic amines is 1. The van der Waals surface area contributed by atoms with E-state index >= 15 is 0 Å². The number of rotatable bonds is 6. The Bertz CT molecular complexity index is 1150. The summed E-state index contributed by atoms with van der Waals surface area (Å²) in [6.07, 6.45) is 0.714. The van der Waals surface area contributed by atoms with Crippen molar-refractivity contribution in [2.24, 2.45) is 7.05 Å². The van der Waals surface area contributed by atoms with Crippen LogP contribution in [0, 0.1) is 11.3 Å². The Balaban J connectivity index is 1.51. The molecular formula is C19H16N6OS2. The van der Waals surface area contributed by atoms with Crippen molar-refractivity contribution in [3.05, 3.63) is 64.1 Å². The van der Waals surface area contributed by atoms with Gasteiger partial charge in [-0.05, 0) is 23.6 Å². The van der Waals surface area contributed by atoms with Crippen LogP contribution in [0.4, 0.5) is 0 Å². The lowest BCUT2D eigenvalue weighted by Gasteiger charge is -2.04. The van der Waals surface area contributed by atoms with Gasteiger partial charge in [-0.1, -0.05) is 30.0 Å². The molecule has 0 spiro atoms. The average molecular weight is 409 g/mol. The zero-order valence-electron chi connectivity index (χ0n) is 15.0. The number of aromatic nitrogens is 5. The molecule has 0 amide bonds. The highest BCUT2D eigenvalue weighted by atomic mass is 32.2. The molecule has 1 aromatic carbocycles. The van der Waals surface area contributed by atoms with Crippen LogP contribution in [0.5, 0.6) is 0 Å². The molecule has 0 aliphatic carbocycles. The van der Waals surface area contributed by atoms with E-state index in [-0.39, 0.29) is 17.1 Å². The fourth-order valence-electron chi connectivity index (χ4n) is 2.72.